The fourth-order valence-electron chi connectivity index (χ4n) is 7.38. The number of allylic oxidation sites excluding steroid dienone is 2. The maximum atomic E-state index is 14.4. The highest BCUT2D eigenvalue weighted by atomic mass is 16.5. The second-order valence-corrected chi connectivity index (χ2v) is 18.0. The van der Waals surface area contributed by atoms with Gasteiger partial charge in [0.15, 0.2) is 5.96 Å². The molecular formula is C49H74N10O12. The first kappa shape index (κ1) is 60.0. The van der Waals surface area contributed by atoms with E-state index in [0.29, 0.717) is 18.4 Å². The maximum absolute atomic E-state index is 14.4. The summed E-state index contributed by atoms with van der Waals surface area (Å²) in [6.07, 6.45) is 5.18. The number of rotatable bonds is 16. The van der Waals surface area contributed by atoms with E-state index in [0.717, 1.165) is 5.56 Å². The van der Waals surface area contributed by atoms with Crippen molar-refractivity contribution in [2.75, 3.05) is 13.7 Å². The fourth-order valence-corrected chi connectivity index (χ4v) is 7.38. The number of benzene rings is 1. The number of guanidine groups is 1. The van der Waals surface area contributed by atoms with Gasteiger partial charge in [-0.2, -0.15) is 0 Å². The smallest absolute Gasteiger partial charge is 0.327 e. The summed E-state index contributed by atoms with van der Waals surface area (Å²) in [6, 6.07) is 0.997. The number of nitrogens with one attached hydrogen (secondary N) is 7. The van der Waals surface area contributed by atoms with Crippen LogP contribution in [0.25, 0.3) is 0 Å². The van der Waals surface area contributed by atoms with Crippen molar-refractivity contribution in [2.24, 2.45) is 40.1 Å². The molecule has 0 bridgehead atoms. The van der Waals surface area contributed by atoms with Gasteiger partial charge in [-0.05, 0) is 57.4 Å². The van der Waals surface area contributed by atoms with E-state index in [1.54, 1.807) is 27.0 Å². The highest BCUT2D eigenvalue weighted by molar-refractivity contribution is 6.00. The quantitative estimate of drug-likeness (QED) is 0.0357. The van der Waals surface area contributed by atoms with Gasteiger partial charge < -0.3 is 63.6 Å². The van der Waals surface area contributed by atoms with Crippen molar-refractivity contribution in [2.45, 2.75) is 136 Å². The Labute approximate surface area is 415 Å². The van der Waals surface area contributed by atoms with Gasteiger partial charge in [-0.1, -0.05) is 102 Å². The molecule has 1 aliphatic rings. The molecule has 22 heteroatoms. The number of carboxylic acids is 2. The first-order valence-electron chi connectivity index (χ1n) is 23.6. The Morgan fingerprint density at radius 1 is 0.845 bits per heavy atom. The monoisotopic (exact) mass is 995 g/mol. The molecule has 1 aromatic carbocycles. The third-order valence-electron chi connectivity index (χ3n) is 12.1. The highest BCUT2D eigenvalue weighted by Gasteiger charge is 2.37. The Kier molecular flexibility index (Phi) is 25.2. The van der Waals surface area contributed by atoms with Gasteiger partial charge >= 0.3 is 11.9 Å². The van der Waals surface area contributed by atoms with Crippen LogP contribution in [0.5, 0.6) is 0 Å². The molecule has 1 aromatic rings. The summed E-state index contributed by atoms with van der Waals surface area (Å²) in [6.45, 7) is 14.9. The molecule has 0 aliphatic carbocycles. The molecule has 0 unspecified atom stereocenters. The summed E-state index contributed by atoms with van der Waals surface area (Å²) in [5.41, 5.74) is 12.3. The normalized spacial score (nSPS) is 25.5. The van der Waals surface area contributed by atoms with Gasteiger partial charge in [-0.15, -0.1) is 0 Å². The third-order valence-corrected chi connectivity index (χ3v) is 12.1. The molecular weight excluding hydrogens is 921 g/mol. The van der Waals surface area contributed by atoms with Gasteiger partial charge in [0.05, 0.1) is 29.7 Å². The summed E-state index contributed by atoms with van der Waals surface area (Å²) in [5.74, 6) is -12.6. The molecule has 392 valence electrons. The largest absolute Gasteiger partial charge is 0.480 e. The second kappa shape index (κ2) is 29.8. The molecule has 7 amide bonds. The number of amides is 7. The number of carbonyl (C=O) groups excluding carboxylic acids is 7. The summed E-state index contributed by atoms with van der Waals surface area (Å²) < 4.78 is 5.81. The maximum Gasteiger partial charge on any atom is 0.327 e. The van der Waals surface area contributed by atoms with Gasteiger partial charge in [0.2, 0.25) is 35.4 Å². The number of hydrogen-bond acceptors (Lipinski definition) is 11. The van der Waals surface area contributed by atoms with Gasteiger partial charge in [-0.25, -0.2) is 9.59 Å². The lowest BCUT2D eigenvalue weighted by Gasteiger charge is -2.29. The molecule has 1 saturated heterocycles. The topological polar surface area (TPSA) is 352 Å². The Morgan fingerprint density at radius 3 is 2.06 bits per heavy atom. The van der Waals surface area contributed by atoms with Crippen LogP contribution in [0, 0.1) is 23.7 Å². The first-order valence-corrected chi connectivity index (χ1v) is 23.6. The summed E-state index contributed by atoms with van der Waals surface area (Å²) in [5, 5.41) is 37.7. The molecule has 13 N–H and O–H groups in total. The van der Waals surface area contributed by atoms with Gasteiger partial charge in [0.25, 0.3) is 5.91 Å². The molecule has 0 spiro atoms. The van der Waals surface area contributed by atoms with E-state index in [-0.39, 0.29) is 49.7 Å². The van der Waals surface area contributed by atoms with Crippen molar-refractivity contribution >= 4 is 59.2 Å². The lowest BCUT2D eigenvalue weighted by molar-refractivity contribution is -0.146. The van der Waals surface area contributed by atoms with Crippen LogP contribution >= 0.6 is 0 Å². The minimum atomic E-state index is -1.88. The van der Waals surface area contributed by atoms with Crippen LogP contribution in [0.3, 0.4) is 0 Å². The number of hydrogen-bond donors (Lipinski definition) is 11. The molecule has 0 saturated carbocycles. The molecule has 11 atom stereocenters. The van der Waals surface area contributed by atoms with Crippen LogP contribution in [-0.4, -0.2) is 125 Å². The molecule has 22 nitrogen and oxygen atoms in total. The van der Waals surface area contributed by atoms with E-state index in [1.165, 1.54) is 26.8 Å². The Bertz CT molecular complexity index is 2140. The predicted octanol–water partition coefficient (Wildman–Crippen LogP) is 0.666. The van der Waals surface area contributed by atoms with Crippen LogP contribution in [0.2, 0.25) is 0 Å². The summed E-state index contributed by atoms with van der Waals surface area (Å²) in [4.78, 5) is 124. The van der Waals surface area contributed by atoms with Crippen molar-refractivity contribution in [3.63, 3.8) is 0 Å². The number of carbonyl (C=O) groups is 9. The van der Waals surface area contributed by atoms with Crippen LogP contribution in [0.4, 0.5) is 0 Å². The predicted molar refractivity (Wildman–Crippen MR) is 264 cm³/mol. The van der Waals surface area contributed by atoms with E-state index < -0.39 is 120 Å². The first-order chi connectivity index (χ1) is 33.4. The van der Waals surface area contributed by atoms with Crippen molar-refractivity contribution in [1.82, 2.24) is 37.2 Å². The van der Waals surface area contributed by atoms with Gasteiger partial charge in [0.1, 0.15) is 30.2 Å². The Balaban J connectivity index is 2.71. The Hall–Kier alpha value is -7.10. The lowest BCUT2D eigenvalue weighted by atomic mass is 9.94. The minimum Gasteiger partial charge on any atom is -0.480 e. The zero-order chi connectivity index (χ0) is 53.5. The number of methoxy groups -OCH3 is 1. The Morgan fingerprint density at radius 2 is 1.46 bits per heavy atom. The third kappa shape index (κ3) is 20.8. The van der Waals surface area contributed by atoms with Crippen molar-refractivity contribution in [3.05, 3.63) is 72.0 Å². The van der Waals surface area contributed by atoms with Crippen molar-refractivity contribution < 1.29 is 58.1 Å². The van der Waals surface area contributed by atoms with Crippen LogP contribution < -0.4 is 48.7 Å². The summed E-state index contributed by atoms with van der Waals surface area (Å²) in [7, 11) is 1.61. The molecule has 2 rings (SSSR count). The number of nitrogens with zero attached hydrogens (tertiary/aromatic N) is 1. The number of aliphatic imine (C=N–C) groups is 1. The van der Waals surface area contributed by atoms with Crippen LogP contribution in [-0.2, 0) is 54.3 Å². The molecule has 0 aromatic heterocycles. The fraction of sp³-hybridized carbons (Fsp3) is 0.551. The van der Waals surface area contributed by atoms with Gasteiger partial charge in [0, 0.05) is 26.0 Å². The number of nitrogens with two attached hydrogens (primary N) is 2. The van der Waals surface area contributed by atoms with E-state index in [1.807, 2.05) is 50.3 Å². The van der Waals surface area contributed by atoms with Crippen LogP contribution in [0.1, 0.15) is 92.6 Å². The van der Waals surface area contributed by atoms with Crippen molar-refractivity contribution in [1.29, 1.82) is 0 Å². The van der Waals surface area contributed by atoms with Gasteiger partial charge in [-0.3, -0.25) is 38.6 Å². The highest BCUT2D eigenvalue weighted by Crippen LogP contribution is 2.19. The number of ether oxygens (including phenoxy) is 1. The molecule has 1 heterocycles. The molecule has 1 aliphatic heterocycles. The summed E-state index contributed by atoms with van der Waals surface area (Å²) >= 11 is 0. The van der Waals surface area contributed by atoms with Crippen LogP contribution in [0.15, 0.2) is 71.4 Å². The average Bonchev–Trinajstić information content (AvgIpc) is 3.31. The molecule has 71 heavy (non-hydrogen) atoms. The van der Waals surface area contributed by atoms with E-state index in [9.17, 15) is 53.4 Å². The van der Waals surface area contributed by atoms with E-state index in [4.69, 9.17) is 16.2 Å². The van der Waals surface area contributed by atoms with E-state index in [2.05, 4.69) is 48.8 Å². The standard InChI is InChI=1S/C49H74N10O12/c1-10-26(2)24-37-46(66)59-40(48(69)70)30(6)42(62)56-35(17-14-22-52-49(50)51)45(65)55-34(19-18-27(3)23-28(4)38(71-9)25-33-15-12-11-13-16-33)29(5)41(61)57-36(47(67)68)20-21-39(60)53-31(7)43(63)54-32(8)44(64)58-37/h11-13,15-16,18-19,23,26,28-30,32,34-38,40H,7,10,14,17,20-22,24-25H2,1-6,8-9H3,(H,53,60)(H,54,63)(H,55,65)(H,56,62)(H,57,61)(H,58,64)(H,59,66)(H,67,68)(H,69,70)(H4,50,51,52)/b19-18+,27-23+/t26-,28-,29-,30-,32+,34-,35-,36+,37-,38-,40+/m0/s1. The molecule has 1 fully saturated rings. The van der Waals surface area contributed by atoms with Crippen molar-refractivity contribution in [3.8, 4) is 0 Å². The number of carboxylic acid groups (broad SMARTS) is 2. The lowest BCUT2D eigenvalue weighted by Crippen LogP contribution is -2.59. The number of aliphatic carboxylic acids is 2. The second-order valence-electron chi connectivity index (χ2n) is 18.0. The SMILES string of the molecule is C=C1NC(=O)CC[C@H](C(=O)O)NC(=O)[C@@H](C)[C@H](/C=C/C(C)=C/[C@H](C)[C@H](Cc2ccccc2)OC)NC(=O)[C@H](CCCN=C(N)N)NC(=O)[C@@H](C)[C@H](C(=O)O)NC(=O)[C@H](C[C@@H](C)CC)NC(=O)[C@@H](C)NC1=O. The van der Waals surface area contributed by atoms with E-state index >= 15 is 0 Å². The minimum absolute atomic E-state index is 0.0245. The average molecular weight is 995 g/mol. The zero-order valence-corrected chi connectivity index (χ0v) is 41.9. The molecule has 0 radical (unpaired) electrons. The zero-order valence-electron chi connectivity index (χ0n) is 41.9.